The number of carbonyl (C=O) groups is 11. The zero-order valence-electron chi connectivity index (χ0n) is 41.1. The minimum absolute atomic E-state index is 0.222. The molecule has 6 atom stereocenters. The summed E-state index contributed by atoms with van der Waals surface area (Å²) in [6.45, 7) is 8.86. The number of aliphatic hydroxyl groups excluding tert-OH is 1. The van der Waals surface area contributed by atoms with Crippen LogP contribution in [-0.2, 0) is 72.3 Å². The third-order valence-electron chi connectivity index (χ3n) is 10.9. The van der Waals surface area contributed by atoms with E-state index in [1.165, 1.54) is 45.0 Å². The lowest BCUT2D eigenvalue weighted by molar-refractivity contribution is -0.154. The number of alkyl halides is 3. The fraction of sp³-hybridized carbons (Fsp3) is 0.521. The third kappa shape index (κ3) is 22.7. The number of benzene rings is 2. The van der Waals surface area contributed by atoms with Gasteiger partial charge in [0.1, 0.15) is 36.3 Å². The van der Waals surface area contributed by atoms with Gasteiger partial charge in [-0.25, -0.2) is 0 Å². The lowest BCUT2D eigenvalue weighted by Crippen LogP contribution is -2.62. The van der Waals surface area contributed by atoms with Gasteiger partial charge in [-0.15, -0.1) is 0 Å². The van der Waals surface area contributed by atoms with E-state index >= 15 is 0 Å². The molecule has 11 N–H and O–H groups in total. The van der Waals surface area contributed by atoms with Gasteiger partial charge in [0.15, 0.2) is 0 Å². The number of rotatable bonds is 29. The van der Waals surface area contributed by atoms with Crippen LogP contribution in [0.5, 0.6) is 0 Å². The van der Waals surface area contributed by atoms with Gasteiger partial charge in [-0.2, -0.15) is 13.2 Å². The number of aryl methyl sites for hydroxylation is 1. The number of hydrogen-bond donors (Lipinski definition) is 11. The molecule has 0 aliphatic rings. The predicted molar refractivity (Wildman–Crippen MR) is 251 cm³/mol. The number of carboxylic acid groups (broad SMARTS) is 3. The second-order valence-corrected chi connectivity index (χ2v) is 18.7. The van der Waals surface area contributed by atoms with Crippen LogP contribution < -0.4 is 37.2 Å². The molecule has 0 saturated heterocycles. The van der Waals surface area contributed by atoms with Crippen molar-refractivity contribution in [2.24, 2.45) is 11.3 Å². The monoisotopic (exact) mass is 1040 g/mol. The normalized spacial score (nSPS) is 13.9. The quantitative estimate of drug-likeness (QED) is 0.0508. The zero-order chi connectivity index (χ0) is 55.4. The molecule has 0 aromatic heterocycles. The van der Waals surface area contributed by atoms with Gasteiger partial charge in [-0.3, -0.25) is 52.7 Å². The fourth-order valence-electron chi connectivity index (χ4n) is 7.00. The molecule has 0 aliphatic heterocycles. The number of carbonyl (C=O) groups excluding carboxylic acids is 8. The molecule has 402 valence electrons. The number of Topliss-reactive ketones (excluding diaryl/α,β-unsaturated/α-hetero) is 1. The Morgan fingerprint density at radius 3 is 1.64 bits per heavy atom. The van der Waals surface area contributed by atoms with Crippen LogP contribution >= 0.6 is 0 Å². The minimum atomic E-state index is -5.07. The number of ketones is 1. The van der Waals surface area contributed by atoms with E-state index in [1.807, 2.05) is 5.32 Å². The summed E-state index contributed by atoms with van der Waals surface area (Å²) in [5.74, 6) is -14.8. The predicted octanol–water partition coefficient (Wildman–Crippen LogP) is 1.07. The SMILES string of the molecule is Cc1ccccc1C[C@H](NC(=O)[C@H](CCC(=O)O)NC(=O)[C@H](CC(=O)O)NC(=O)CCC(=O)O)C(=O)N[C@H](C(=O)N[C@@H](CC(C)C)C(=O)N[C@@H](CC(F)(F)F)C(=O)C(=O)NCc1ccc(CO)cc1)C(C)(C)C. The number of halogens is 3. The number of nitrogens with one attached hydrogen (secondary N) is 7. The van der Waals surface area contributed by atoms with Gasteiger partial charge in [-0.1, -0.05) is 83.1 Å². The van der Waals surface area contributed by atoms with Gasteiger partial charge in [0.25, 0.3) is 5.91 Å². The Balaban J connectivity index is 2.48. The van der Waals surface area contributed by atoms with E-state index in [9.17, 15) is 81.2 Å². The van der Waals surface area contributed by atoms with Crippen molar-refractivity contribution in [2.45, 2.75) is 148 Å². The minimum Gasteiger partial charge on any atom is -0.481 e. The lowest BCUT2D eigenvalue weighted by Gasteiger charge is -2.34. The van der Waals surface area contributed by atoms with Crippen molar-refractivity contribution in [3.63, 3.8) is 0 Å². The van der Waals surface area contributed by atoms with E-state index in [1.54, 1.807) is 45.0 Å². The van der Waals surface area contributed by atoms with Crippen LogP contribution in [0.2, 0.25) is 0 Å². The average molecular weight is 1040 g/mol. The molecule has 0 aliphatic carbocycles. The summed E-state index contributed by atoms with van der Waals surface area (Å²) in [5.41, 5.74) is 0.852. The number of hydrogen-bond acceptors (Lipinski definition) is 12. The first-order chi connectivity index (χ1) is 33.9. The van der Waals surface area contributed by atoms with Crippen LogP contribution in [-0.4, -0.2) is 128 Å². The topological polar surface area (TPSA) is 353 Å². The van der Waals surface area contributed by atoms with Gasteiger partial charge in [-0.05, 0) is 53.4 Å². The molecule has 0 bridgehead atoms. The fourth-order valence-corrected chi connectivity index (χ4v) is 7.00. The highest BCUT2D eigenvalue weighted by molar-refractivity contribution is 6.38. The molecule has 2 aromatic carbocycles. The van der Waals surface area contributed by atoms with E-state index in [4.69, 9.17) is 5.11 Å². The maximum absolute atomic E-state index is 14.4. The molecule has 0 fully saturated rings. The summed E-state index contributed by atoms with van der Waals surface area (Å²) >= 11 is 0. The Morgan fingerprint density at radius 2 is 1.11 bits per heavy atom. The van der Waals surface area contributed by atoms with Crippen molar-refractivity contribution >= 4 is 65.0 Å². The van der Waals surface area contributed by atoms with E-state index < -0.39 is 157 Å². The van der Waals surface area contributed by atoms with E-state index in [0.717, 1.165) is 0 Å². The Hall–Kier alpha value is -7.44. The average Bonchev–Trinajstić information content (AvgIpc) is 3.28. The van der Waals surface area contributed by atoms with E-state index in [-0.39, 0.29) is 26.0 Å². The Kier molecular flexibility index (Phi) is 24.1. The van der Waals surface area contributed by atoms with Gasteiger partial charge >= 0.3 is 24.1 Å². The largest absolute Gasteiger partial charge is 0.481 e. The summed E-state index contributed by atoms with van der Waals surface area (Å²) in [5, 5.41) is 53.0. The zero-order valence-corrected chi connectivity index (χ0v) is 41.1. The van der Waals surface area contributed by atoms with Crippen molar-refractivity contribution in [3.8, 4) is 0 Å². The van der Waals surface area contributed by atoms with E-state index in [0.29, 0.717) is 22.3 Å². The molecular weight excluding hydrogens is 972 g/mol. The first kappa shape index (κ1) is 61.7. The Morgan fingerprint density at radius 1 is 0.589 bits per heavy atom. The van der Waals surface area contributed by atoms with Gasteiger partial charge in [0.2, 0.25) is 41.2 Å². The second-order valence-electron chi connectivity index (χ2n) is 18.7. The molecule has 0 unspecified atom stereocenters. The first-order valence-electron chi connectivity index (χ1n) is 23.0. The maximum atomic E-state index is 14.4. The molecule has 0 heterocycles. The smallest absolute Gasteiger partial charge is 0.391 e. The number of carboxylic acids is 3. The van der Waals surface area contributed by atoms with Crippen LogP contribution in [0.15, 0.2) is 48.5 Å². The number of amides is 7. The molecule has 22 nitrogen and oxygen atoms in total. The van der Waals surface area contributed by atoms with E-state index in [2.05, 4.69) is 31.9 Å². The number of aliphatic carboxylic acids is 3. The molecule has 0 spiro atoms. The molecular formula is C48H64F3N7O15. The summed E-state index contributed by atoms with van der Waals surface area (Å²) in [4.78, 5) is 143. The van der Waals surface area contributed by atoms with Crippen LogP contribution in [0.4, 0.5) is 13.2 Å². The van der Waals surface area contributed by atoms with Gasteiger partial charge in [0.05, 0.1) is 25.9 Å². The molecule has 0 saturated carbocycles. The summed E-state index contributed by atoms with van der Waals surface area (Å²) in [7, 11) is 0. The van der Waals surface area contributed by atoms with Crippen molar-refractivity contribution in [1.82, 2.24) is 37.2 Å². The molecule has 73 heavy (non-hydrogen) atoms. The lowest BCUT2D eigenvalue weighted by atomic mass is 9.85. The van der Waals surface area contributed by atoms with Crippen molar-refractivity contribution in [3.05, 3.63) is 70.8 Å². The maximum Gasteiger partial charge on any atom is 0.391 e. The molecule has 2 aromatic rings. The highest BCUT2D eigenvalue weighted by Gasteiger charge is 2.42. The molecule has 25 heteroatoms. The van der Waals surface area contributed by atoms with Crippen LogP contribution in [0.25, 0.3) is 0 Å². The summed E-state index contributed by atoms with van der Waals surface area (Å²) in [6.07, 6.45) is -11.3. The third-order valence-corrected chi connectivity index (χ3v) is 10.9. The van der Waals surface area contributed by atoms with Crippen molar-refractivity contribution < 1.29 is 86.3 Å². The van der Waals surface area contributed by atoms with Crippen molar-refractivity contribution in [1.29, 1.82) is 0 Å². The van der Waals surface area contributed by atoms with Gasteiger partial charge < -0.3 is 57.6 Å². The van der Waals surface area contributed by atoms with Crippen LogP contribution in [0, 0.1) is 18.3 Å². The van der Waals surface area contributed by atoms with Crippen LogP contribution in [0.3, 0.4) is 0 Å². The molecule has 7 amide bonds. The highest BCUT2D eigenvalue weighted by atomic mass is 19.4. The van der Waals surface area contributed by atoms with Crippen LogP contribution in [0.1, 0.15) is 102 Å². The Bertz CT molecular complexity index is 2320. The molecule has 0 radical (unpaired) electrons. The highest BCUT2D eigenvalue weighted by Crippen LogP contribution is 2.24. The summed E-state index contributed by atoms with van der Waals surface area (Å²) in [6, 6.07) is 1.66. The standard InChI is InChI=1S/C48H64F3N7O15/c1-25(2)19-31(42(69)57-34(22-48(49,50)51)39(67)45(72)52-23-27-11-13-28(24-59)14-12-27)56-46(73)40(47(4,5)6)58-44(71)32(20-29-10-8-7-9-26(29)3)55-41(68)30(15-17-36(61)62)54-43(70)33(21-38(65)66)53-35(60)16-18-37(63)64/h7-14,25,30-34,40,59H,15-24H2,1-6H3,(H,52,72)(H,53,60)(H,54,70)(H,55,68)(H,56,73)(H,57,69)(H,58,71)(H,61,62)(H,63,64)(H,65,66)/t30-,31-,32-,33-,34-,40+/m0/s1. The number of aliphatic hydroxyl groups is 1. The van der Waals surface area contributed by atoms with Crippen molar-refractivity contribution in [2.75, 3.05) is 0 Å². The summed E-state index contributed by atoms with van der Waals surface area (Å²) < 4.78 is 41.5. The second kappa shape index (κ2) is 28.6. The first-order valence-corrected chi connectivity index (χ1v) is 23.0. The Labute approximate surface area is 418 Å². The molecule has 2 rings (SSSR count). The van der Waals surface area contributed by atoms with Gasteiger partial charge in [0, 0.05) is 25.8 Å².